The first kappa shape index (κ1) is 15.3. The Morgan fingerprint density at radius 3 is 2.30 bits per heavy atom. The van der Waals surface area contributed by atoms with Crippen LogP contribution in [0.25, 0.3) is 0 Å². The number of thiocarbonyl (C=S) groups is 1. The number of likely N-dealkylation sites (tertiary alicyclic amines) is 1. The molecule has 1 heterocycles. The van der Waals surface area contributed by atoms with Crippen molar-refractivity contribution in [2.75, 3.05) is 18.4 Å². The number of rotatable bonds is 3. The Hall–Kier alpha value is -1.09. The van der Waals surface area contributed by atoms with Crippen LogP contribution in [0.15, 0.2) is 24.3 Å². The lowest BCUT2D eigenvalue weighted by Gasteiger charge is -2.24. The SMILES string of the molecule is CCC(C)c1ccc(NC(=S)N2CCCCCC2)cc1. The lowest BCUT2D eigenvalue weighted by molar-refractivity contribution is 0.441. The van der Waals surface area contributed by atoms with E-state index in [0.29, 0.717) is 5.92 Å². The molecule has 1 aliphatic heterocycles. The van der Waals surface area contributed by atoms with E-state index in [4.69, 9.17) is 12.2 Å². The van der Waals surface area contributed by atoms with Crippen LogP contribution in [0, 0.1) is 0 Å². The molecule has 0 aromatic heterocycles. The van der Waals surface area contributed by atoms with Gasteiger partial charge in [0.1, 0.15) is 0 Å². The molecule has 0 amide bonds. The molecule has 110 valence electrons. The first-order valence-corrected chi connectivity index (χ1v) is 8.27. The van der Waals surface area contributed by atoms with Crippen molar-refractivity contribution >= 4 is 23.0 Å². The maximum Gasteiger partial charge on any atom is 0.173 e. The Bertz CT molecular complexity index is 419. The Morgan fingerprint density at radius 2 is 1.75 bits per heavy atom. The summed E-state index contributed by atoms with van der Waals surface area (Å²) in [5.41, 5.74) is 2.50. The number of hydrogen-bond acceptors (Lipinski definition) is 1. The Balaban J connectivity index is 1.93. The third-order valence-electron chi connectivity index (χ3n) is 4.24. The second-order valence-corrected chi connectivity index (χ2v) is 6.15. The molecule has 3 heteroatoms. The quantitative estimate of drug-likeness (QED) is 0.807. The second-order valence-electron chi connectivity index (χ2n) is 5.76. The van der Waals surface area contributed by atoms with Crippen LogP contribution < -0.4 is 5.32 Å². The van der Waals surface area contributed by atoms with E-state index in [0.717, 1.165) is 23.9 Å². The molecule has 0 spiro atoms. The van der Waals surface area contributed by atoms with Gasteiger partial charge in [0.2, 0.25) is 0 Å². The van der Waals surface area contributed by atoms with Gasteiger partial charge in [-0.3, -0.25) is 0 Å². The van der Waals surface area contributed by atoms with Gasteiger partial charge < -0.3 is 10.2 Å². The van der Waals surface area contributed by atoms with Crippen molar-refractivity contribution in [2.24, 2.45) is 0 Å². The minimum atomic E-state index is 0.626. The first-order valence-electron chi connectivity index (χ1n) is 7.86. The Kier molecular flexibility index (Phi) is 5.84. The topological polar surface area (TPSA) is 15.3 Å². The number of hydrogen-bond donors (Lipinski definition) is 1. The fraction of sp³-hybridized carbons (Fsp3) is 0.588. The van der Waals surface area contributed by atoms with Crippen molar-refractivity contribution in [3.05, 3.63) is 29.8 Å². The molecule has 1 N–H and O–H groups in total. The minimum Gasteiger partial charge on any atom is -0.349 e. The summed E-state index contributed by atoms with van der Waals surface area (Å²) in [4.78, 5) is 2.31. The van der Waals surface area contributed by atoms with E-state index in [-0.39, 0.29) is 0 Å². The van der Waals surface area contributed by atoms with Crippen LogP contribution in [-0.4, -0.2) is 23.1 Å². The average Bonchev–Trinajstić information content (AvgIpc) is 2.76. The van der Waals surface area contributed by atoms with Crippen LogP contribution in [0.3, 0.4) is 0 Å². The summed E-state index contributed by atoms with van der Waals surface area (Å²) in [7, 11) is 0. The van der Waals surface area contributed by atoms with Gasteiger partial charge in [-0.25, -0.2) is 0 Å². The third-order valence-corrected chi connectivity index (χ3v) is 4.60. The number of benzene rings is 1. The molecule has 0 radical (unpaired) electrons. The van der Waals surface area contributed by atoms with E-state index in [1.54, 1.807) is 0 Å². The molecule has 0 bridgehead atoms. The van der Waals surface area contributed by atoms with Crippen LogP contribution in [0.2, 0.25) is 0 Å². The monoisotopic (exact) mass is 290 g/mol. The van der Waals surface area contributed by atoms with E-state index in [1.807, 2.05) is 0 Å². The summed E-state index contributed by atoms with van der Waals surface area (Å²) < 4.78 is 0. The van der Waals surface area contributed by atoms with Crippen molar-refractivity contribution < 1.29 is 0 Å². The highest BCUT2D eigenvalue weighted by atomic mass is 32.1. The van der Waals surface area contributed by atoms with E-state index >= 15 is 0 Å². The zero-order chi connectivity index (χ0) is 14.4. The molecule has 1 unspecified atom stereocenters. The van der Waals surface area contributed by atoms with E-state index < -0.39 is 0 Å². The third kappa shape index (κ3) is 4.20. The largest absolute Gasteiger partial charge is 0.349 e. The maximum atomic E-state index is 5.54. The molecule has 2 rings (SSSR count). The molecule has 1 aliphatic rings. The van der Waals surface area contributed by atoms with Crippen molar-refractivity contribution in [3.8, 4) is 0 Å². The molecular formula is C17H26N2S. The van der Waals surface area contributed by atoms with Gasteiger partial charge in [-0.1, -0.05) is 38.8 Å². The number of nitrogens with zero attached hydrogens (tertiary/aromatic N) is 1. The summed E-state index contributed by atoms with van der Waals surface area (Å²) in [6.45, 7) is 6.68. The van der Waals surface area contributed by atoms with Crippen molar-refractivity contribution in [1.82, 2.24) is 4.90 Å². The first-order chi connectivity index (χ1) is 9.70. The standard InChI is InChI=1S/C17H26N2S/c1-3-14(2)15-8-10-16(11-9-15)18-17(20)19-12-6-4-5-7-13-19/h8-11,14H,3-7,12-13H2,1-2H3,(H,18,20). The predicted octanol–water partition coefficient (Wildman–Crippen LogP) is 4.77. The number of anilines is 1. The summed E-state index contributed by atoms with van der Waals surface area (Å²) in [5, 5.41) is 4.26. The Morgan fingerprint density at radius 1 is 1.15 bits per heavy atom. The highest BCUT2D eigenvalue weighted by molar-refractivity contribution is 7.80. The van der Waals surface area contributed by atoms with Crippen molar-refractivity contribution in [1.29, 1.82) is 0 Å². The van der Waals surface area contributed by atoms with Crippen molar-refractivity contribution in [3.63, 3.8) is 0 Å². The maximum absolute atomic E-state index is 5.54. The normalized spacial score (nSPS) is 17.4. The summed E-state index contributed by atoms with van der Waals surface area (Å²) in [6.07, 6.45) is 6.37. The molecule has 20 heavy (non-hydrogen) atoms. The van der Waals surface area contributed by atoms with E-state index in [2.05, 4.69) is 48.3 Å². The van der Waals surface area contributed by atoms with Crippen LogP contribution in [-0.2, 0) is 0 Å². The Labute approximate surface area is 128 Å². The molecule has 1 atom stereocenters. The minimum absolute atomic E-state index is 0.626. The van der Waals surface area contributed by atoms with Gasteiger partial charge in [-0.15, -0.1) is 0 Å². The van der Waals surface area contributed by atoms with Gasteiger partial charge in [0, 0.05) is 18.8 Å². The second kappa shape index (κ2) is 7.63. The fourth-order valence-electron chi connectivity index (χ4n) is 2.61. The molecule has 1 saturated heterocycles. The molecule has 1 fully saturated rings. The lowest BCUT2D eigenvalue weighted by atomic mass is 9.99. The summed E-state index contributed by atoms with van der Waals surface area (Å²) in [6, 6.07) is 8.71. The highest BCUT2D eigenvalue weighted by Gasteiger charge is 2.12. The summed E-state index contributed by atoms with van der Waals surface area (Å²) in [5.74, 6) is 0.626. The van der Waals surface area contributed by atoms with Crippen molar-refractivity contribution in [2.45, 2.75) is 51.9 Å². The molecule has 1 aromatic carbocycles. The fourth-order valence-corrected chi connectivity index (χ4v) is 2.91. The van der Waals surface area contributed by atoms with Gasteiger partial charge in [0.25, 0.3) is 0 Å². The van der Waals surface area contributed by atoms with Gasteiger partial charge in [-0.05, 0) is 55.1 Å². The van der Waals surface area contributed by atoms with Crippen LogP contribution in [0.5, 0.6) is 0 Å². The van der Waals surface area contributed by atoms with Crippen LogP contribution in [0.1, 0.15) is 57.4 Å². The molecule has 0 aliphatic carbocycles. The molecule has 2 nitrogen and oxygen atoms in total. The van der Waals surface area contributed by atoms with E-state index in [1.165, 1.54) is 37.7 Å². The van der Waals surface area contributed by atoms with Gasteiger partial charge in [0.05, 0.1) is 0 Å². The van der Waals surface area contributed by atoms with Gasteiger partial charge >= 0.3 is 0 Å². The highest BCUT2D eigenvalue weighted by Crippen LogP contribution is 2.21. The molecule has 0 saturated carbocycles. The molecule has 1 aromatic rings. The summed E-state index contributed by atoms with van der Waals surface area (Å²) >= 11 is 5.54. The van der Waals surface area contributed by atoms with Gasteiger partial charge in [-0.2, -0.15) is 0 Å². The number of nitrogens with one attached hydrogen (secondary N) is 1. The molecular weight excluding hydrogens is 264 g/mol. The van der Waals surface area contributed by atoms with Crippen LogP contribution >= 0.6 is 12.2 Å². The average molecular weight is 290 g/mol. The zero-order valence-corrected chi connectivity index (χ0v) is 13.5. The van der Waals surface area contributed by atoms with Gasteiger partial charge in [0.15, 0.2) is 5.11 Å². The van der Waals surface area contributed by atoms with E-state index in [9.17, 15) is 0 Å². The predicted molar refractivity (Wildman–Crippen MR) is 91.4 cm³/mol. The van der Waals surface area contributed by atoms with Crippen LogP contribution in [0.4, 0.5) is 5.69 Å². The lowest BCUT2D eigenvalue weighted by Crippen LogP contribution is -2.35. The smallest absolute Gasteiger partial charge is 0.173 e. The zero-order valence-electron chi connectivity index (χ0n) is 12.7.